The average Bonchev–Trinajstić information content (AvgIpc) is 2.62. The van der Waals surface area contributed by atoms with Crippen molar-refractivity contribution < 1.29 is 13.2 Å². The summed E-state index contributed by atoms with van der Waals surface area (Å²) in [5, 5.41) is 26.5. The Balaban J connectivity index is 2.26. The number of benzene rings is 2. The van der Waals surface area contributed by atoms with Crippen molar-refractivity contribution >= 4 is 42.7 Å². The minimum absolute atomic E-state index is 0.106. The molecule has 26 heavy (non-hydrogen) atoms. The third-order valence-corrected chi connectivity index (χ3v) is 4.42. The fraction of sp³-hybridized carbons (Fsp3) is 0.0625. The smallest absolute Gasteiger partial charge is 0.261 e. The first kappa shape index (κ1) is 19.2. The van der Waals surface area contributed by atoms with Gasteiger partial charge in [-0.1, -0.05) is 24.3 Å². The molecule has 132 valence electrons. The van der Waals surface area contributed by atoms with E-state index in [1.165, 1.54) is 18.2 Å². The van der Waals surface area contributed by atoms with Gasteiger partial charge in [-0.15, -0.1) is 0 Å². The minimum atomic E-state index is -3.95. The number of amides is 1. The minimum Gasteiger partial charge on any atom is -0.324 e. The fourth-order valence-corrected chi connectivity index (χ4v) is 2.65. The van der Waals surface area contributed by atoms with Gasteiger partial charge in [-0.3, -0.25) is 10.2 Å². The number of hydrogen-bond acceptors (Lipinski definition) is 7. The maximum atomic E-state index is 12.3. The number of nitrogens with one attached hydrogen (secondary N) is 2. The number of nitriles is 1. The SMILES string of the molecule is N#CC(=N)C(N=Nc1cccc(S(=O)(=O)Cl)c1)C(=O)Nc1ccccc1. The second-order valence-electron chi connectivity index (χ2n) is 4.93. The van der Waals surface area contributed by atoms with Gasteiger partial charge < -0.3 is 5.32 Å². The summed E-state index contributed by atoms with van der Waals surface area (Å²) in [5.74, 6) is -0.715. The Morgan fingerprint density at radius 1 is 1.19 bits per heavy atom. The molecule has 8 nitrogen and oxygen atoms in total. The number of halogens is 1. The van der Waals surface area contributed by atoms with E-state index in [4.69, 9.17) is 21.4 Å². The molecule has 0 fully saturated rings. The largest absolute Gasteiger partial charge is 0.324 e. The Morgan fingerprint density at radius 3 is 2.50 bits per heavy atom. The molecule has 2 aromatic carbocycles. The molecular weight excluding hydrogens is 378 g/mol. The summed E-state index contributed by atoms with van der Waals surface area (Å²) < 4.78 is 22.7. The van der Waals surface area contributed by atoms with Crippen LogP contribution in [0.5, 0.6) is 0 Å². The van der Waals surface area contributed by atoms with Crippen molar-refractivity contribution in [1.29, 1.82) is 10.7 Å². The fourth-order valence-electron chi connectivity index (χ4n) is 1.86. The van der Waals surface area contributed by atoms with Gasteiger partial charge in [0.05, 0.1) is 10.6 Å². The molecule has 0 heterocycles. The first-order valence-corrected chi connectivity index (χ1v) is 9.42. The molecule has 0 radical (unpaired) electrons. The van der Waals surface area contributed by atoms with Gasteiger partial charge in [0, 0.05) is 16.4 Å². The first-order chi connectivity index (χ1) is 12.3. The molecule has 1 atom stereocenters. The van der Waals surface area contributed by atoms with Crippen molar-refractivity contribution in [2.45, 2.75) is 10.9 Å². The highest BCUT2D eigenvalue weighted by Crippen LogP contribution is 2.21. The Hall–Kier alpha value is -3.09. The Morgan fingerprint density at radius 2 is 1.88 bits per heavy atom. The van der Waals surface area contributed by atoms with Crippen molar-refractivity contribution in [3.05, 3.63) is 54.6 Å². The molecule has 1 amide bonds. The first-order valence-electron chi connectivity index (χ1n) is 7.11. The van der Waals surface area contributed by atoms with Crippen molar-refractivity contribution in [2.24, 2.45) is 10.2 Å². The number of nitrogens with zero attached hydrogens (tertiary/aromatic N) is 3. The molecule has 0 saturated carbocycles. The maximum Gasteiger partial charge on any atom is 0.261 e. The highest BCUT2D eigenvalue weighted by molar-refractivity contribution is 8.13. The lowest BCUT2D eigenvalue weighted by molar-refractivity contribution is -0.116. The molecule has 1 unspecified atom stereocenters. The summed E-state index contributed by atoms with van der Waals surface area (Å²) in [5.41, 5.74) is -0.0306. The zero-order valence-corrected chi connectivity index (χ0v) is 14.7. The number of carbonyl (C=O) groups excluding carboxylic acids is 1. The zero-order chi connectivity index (χ0) is 19.2. The lowest BCUT2D eigenvalue weighted by atomic mass is 10.2. The van der Waals surface area contributed by atoms with E-state index in [9.17, 15) is 13.2 Å². The van der Waals surface area contributed by atoms with E-state index in [-0.39, 0.29) is 10.6 Å². The number of rotatable bonds is 6. The van der Waals surface area contributed by atoms with Crippen molar-refractivity contribution in [1.82, 2.24) is 0 Å². The van der Waals surface area contributed by atoms with Crippen molar-refractivity contribution in [3.63, 3.8) is 0 Å². The van der Waals surface area contributed by atoms with E-state index in [2.05, 4.69) is 15.5 Å². The summed E-state index contributed by atoms with van der Waals surface area (Å²) in [6, 6.07) is 13.8. The normalized spacial score (nSPS) is 12.3. The van der Waals surface area contributed by atoms with Gasteiger partial charge in [0.2, 0.25) is 6.04 Å². The van der Waals surface area contributed by atoms with E-state index in [0.29, 0.717) is 5.69 Å². The van der Waals surface area contributed by atoms with Crippen LogP contribution in [-0.2, 0) is 13.8 Å². The van der Waals surface area contributed by atoms with E-state index in [1.54, 1.807) is 36.4 Å². The number of anilines is 1. The number of carbonyl (C=O) groups is 1. The Bertz CT molecular complexity index is 1000. The summed E-state index contributed by atoms with van der Waals surface area (Å²) >= 11 is 0. The second-order valence-corrected chi connectivity index (χ2v) is 7.50. The number of azo groups is 1. The third kappa shape index (κ3) is 5.20. The van der Waals surface area contributed by atoms with Gasteiger partial charge in [0.15, 0.2) is 0 Å². The summed E-state index contributed by atoms with van der Waals surface area (Å²) in [6.45, 7) is 0. The maximum absolute atomic E-state index is 12.3. The molecule has 0 aliphatic heterocycles. The van der Waals surface area contributed by atoms with E-state index < -0.39 is 26.7 Å². The van der Waals surface area contributed by atoms with Crippen molar-refractivity contribution in [3.8, 4) is 6.07 Å². The lowest BCUT2D eigenvalue weighted by Crippen LogP contribution is -2.32. The van der Waals surface area contributed by atoms with Crippen LogP contribution < -0.4 is 5.32 Å². The lowest BCUT2D eigenvalue weighted by Gasteiger charge is -2.09. The molecule has 2 rings (SSSR count). The van der Waals surface area contributed by atoms with Gasteiger partial charge in [0.25, 0.3) is 15.0 Å². The quantitative estimate of drug-likeness (QED) is 0.445. The molecule has 0 aromatic heterocycles. The highest BCUT2D eigenvalue weighted by Gasteiger charge is 2.23. The van der Waals surface area contributed by atoms with Crippen LogP contribution in [-0.4, -0.2) is 26.1 Å². The van der Waals surface area contributed by atoms with Crippen molar-refractivity contribution in [2.75, 3.05) is 5.32 Å². The zero-order valence-electron chi connectivity index (χ0n) is 13.1. The second kappa shape index (κ2) is 8.33. The number of para-hydroxylation sites is 1. The van der Waals surface area contributed by atoms with Crippen LogP contribution in [0.15, 0.2) is 69.7 Å². The summed E-state index contributed by atoms with van der Waals surface area (Å²) in [7, 11) is 1.32. The van der Waals surface area contributed by atoms with Crippen LogP contribution in [0.2, 0.25) is 0 Å². The summed E-state index contributed by atoms with van der Waals surface area (Å²) in [4.78, 5) is 12.1. The Labute approximate surface area is 154 Å². The van der Waals surface area contributed by atoms with Gasteiger partial charge in [-0.05, 0) is 30.3 Å². The van der Waals surface area contributed by atoms with Crippen LogP contribution in [0.1, 0.15) is 0 Å². The van der Waals surface area contributed by atoms with E-state index >= 15 is 0 Å². The molecule has 10 heteroatoms. The van der Waals surface area contributed by atoms with Crippen LogP contribution >= 0.6 is 10.7 Å². The Kier molecular flexibility index (Phi) is 6.16. The summed E-state index contributed by atoms with van der Waals surface area (Å²) in [6.07, 6.45) is 0. The molecule has 2 aromatic rings. The topological polar surface area (TPSA) is 136 Å². The monoisotopic (exact) mass is 389 g/mol. The van der Waals surface area contributed by atoms with Crippen LogP contribution in [0, 0.1) is 16.7 Å². The molecule has 0 bridgehead atoms. The molecule has 0 saturated heterocycles. The predicted octanol–water partition coefficient (Wildman–Crippen LogP) is 3.25. The van der Waals surface area contributed by atoms with Gasteiger partial charge in [-0.2, -0.15) is 15.5 Å². The van der Waals surface area contributed by atoms with Gasteiger partial charge in [-0.25, -0.2) is 8.42 Å². The van der Waals surface area contributed by atoms with Crippen LogP contribution in [0.3, 0.4) is 0 Å². The highest BCUT2D eigenvalue weighted by atomic mass is 35.7. The van der Waals surface area contributed by atoms with E-state index in [1.807, 2.05) is 0 Å². The molecule has 0 aliphatic carbocycles. The molecule has 0 spiro atoms. The van der Waals surface area contributed by atoms with Crippen LogP contribution in [0.25, 0.3) is 0 Å². The van der Waals surface area contributed by atoms with Crippen LogP contribution in [0.4, 0.5) is 11.4 Å². The van der Waals surface area contributed by atoms with Gasteiger partial charge in [0.1, 0.15) is 11.8 Å². The predicted molar refractivity (Wildman–Crippen MR) is 96.2 cm³/mol. The number of hydrogen-bond donors (Lipinski definition) is 2. The molecule has 0 aliphatic rings. The van der Waals surface area contributed by atoms with E-state index in [0.717, 1.165) is 6.07 Å². The molecular formula is C16H12ClN5O3S. The third-order valence-electron chi connectivity index (χ3n) is 3.07. The standard InChI is InChI=1S/C16H12ClN5O3S/c17-26(24,25)13-8-4-7-12(9-13)21-22-15(14(19)10-18)16(23)20-11-5-2-1-3-6-11/h1-9,15,19H,(H,20,23). The average molecular weight is 390 g/mol. The van der Waals surface area contributed by atoms with Gasteiger partial charge >= 0.3 is 0 Å². The molecule has 2 N–H and O–H groups in total.